The maximum absolute atomic E-state index is 12.9. The SMILES string of the molecule is Cc1cc(N2CCN(C(=O)c3c(O)c(Cl)cc(Cl)c3Cl)CC2)nc(C(C)C)n1. The maximum Gasteiger partial charge on any atom is 0.259 e. The lowest BCUT2D eigenvalue weighted by molar-refractivity contribution is 0.0743. The fourth-order valence-corrected chi connectivity index (χ4v) is 3.76. The second-order valence-corrected chi connectivity index (χ2v) is 8.23. The molecule has 0 spiro atoms. The van der Waals surface area contributed by atoms with E-state index in [1.54, 1.807) is 4.90 Å². The molecule has 28 heavy (non-hydrogen) atoms. The number of aromatic hydroxyl groups is 1. The lowest BCUT2D eigenvalue weighted by Gasteiger charge is -2.36. The molecule has 9 heteroatoms. The molecule has 0 radical (unpaired) electrons. The van der Waals surface area contributed by atoms with Crippen molar-refractivity contribution in [2.24, 2.45) is 0 Å². The average Bonchev–Trinajstić information content (AvgIpc) is 2.66. The van der Waals surface area contributed by atoms with Crippen LogP contribution in [-0.2, 0) is 0 Å². The second kappa shape index (κ2) is 8.31. The molecule has 0 bridgehead atoms. The lowest BCUT2D eigenvalue weighted by Crippen LogP contribution is -2.49. The Balaban J connectivity index is 1.77. The Morgan fingerprint density at radius 1 is 1.07 bits per heavy atom. The van der Waals surface area contributed by atoms with E-state index in [9.17, 15) is 9.90 Å². The van der Waals surface area contributed by atoms with Gasteiger partial charge in [0.15, 0.2) is 0 Å². The number of amides is 1. The van der Waals surface area contributed by atoms with Gasteiger partial charge in [-0.25, -0.2) is 9.97 Å². The van der Waals surface area contributed by atoms with Crippen molar-refractivity contribution in [3.05, 3.63) is 44.3 Å². The van der Waals surface area contributed by atoms with E-state index in [2.05, 4.69) is 28.7 Å². The molecule has 0 saturated carbocycles. The number of benzene rings is 1. The van der Waals surface area contributed by atoms with Crippen molar-refractivity contribution in [3.8, 4) is 5.75 Å². The van der Waals surface area contributed by atoms with Gasteiger partial charge in [0.25, 0.3) is 5.91 Å². The summed E-state index contributed by atoms with van der Waals surface area (Å²) in [5.74, 6) is 1.15. The van der Waals surface area contributed by atoms with E-state index in [0.717, 1.165) is 17.3 Å². The van der Waals surface area contributed by atoms with Crippen LogP contribution in [0.2, 0.25) is 15.1 Å². The zero-order valence-electron chi connectivity index (χ0n) is 15.8. The molecule has 150 valence electrons. The minimum Gasteiger partial charge on any atom is -0.505 e. The minimum atomic E-state index is -0.395. The highest BCUT2D eigenvalue weighted by Gasteiger charge is 2.28. The van der Waals surface area contributed by atoms with Crippen LogP contribution in [0.5, 0.6) is 5.75 Å². The van der Waals surface area contributed by atoms with Gasteiger partial charge in [0, 0.05) is 43.9 Å². The van der Waals surface area contributed by atoms with Crippen LogP contribution in [0.3, 0.4) is 0 Å². The van der Waals surface area contributed by atoms with E-state index in [1.807, 2.05) is 13.0 Å². The molecule has 1 amide bonds. The zero-order chi connectivity index (χ0) is 20.6. The van der Waals surface area contributed by atoms with Crippen LogP contribution >= 0.6 is 34.8 Å². The number of aryl methyl sites for hydroxylation is 1. The normalized spacial score (nSPS) is 14.7. The molecule has 3 rings (SSSR count). The fourth-order valence-electron chi connectivity index (χ4n) is 3.07. The van der Waals surface area contributed by atoms with Crippen molar-refractivity contribution in [1.29, 1.82) is 0 Å². The fraction of sp³-hybridized carbons (Fsp3) is 0.421. The van der Waals surface area contributed by atoms with Crippen molar-refractivity contribution >= 4 is 46.5 Å². The van der Waals surface area contributed by atoms with E-state index in [0.29, 0.717) is 26.2 Å². The van der Waals surface area contributed by atoms with Crippen molar-refractivity contribution in [1.82, 2.24) is 14.9 Å². The first-order chi connectivity index (χ1) is 13.2. The Bertz CT molecular complexity index is 886. The second-order valence-electron chi connectivity index (χ2n) is 7.04. The Kier molecular flexibility index (Phi) is 6.22. The van der Waals surface area contributed by atoms with Crippen LogP contribution in [0, 0.1) is 6.92 Å². The molecule has 0 atom stereocenters. The number of rotatable bonds is 3. The zero-order valence-corrected chi connectivity index (χ0v) is 18.1. The number of anilines is 1. The van der Waals surface area contributed by atoms with Crippen LogP contribution in [0.15, 0.2) is 12.1 Å². The molecule has 1 aromatic heterocycles. The smallest absolute Gasteiger partial charge is 0.259 e. The van der Waals surface area contributed by atoms with Crippen molar-refractivity contribution in [2.45, 2.75) is 26.7 Å². The molecule has 0 unspecified atom stereocenters. The highest BCUT2D eigenvalue weighted by molar-refractivity contribution is 6.45. The number of piperazine rings is 1. The summed E-state index contributed by atoms with van der Waals surface area (Å²) >= 11 is 18.1. The average molecular weight is 444 g/mol. The highest BCUT2D eigenvalue weighted by atomic mass is 35.5. The molecule has 1 aliphatic rings. The summed E-state index contributed by atoms with van der Waals surface area (Å²) in [5, 5.41) is 10.3. The van der Waals surface area contributed by atoms with Crippen molar-refractivity contribution < 1.29 is 9.90 Å². The minimum absolute atomic E-state index is 0.00370. The number of halogens is 3. The van der Waals surface area contributed by atoms with Gasteiger partial charge in [0.2, 0.25) is 0 Å². The van der Waals surface area contributed by atoms with Crippen molar-refractivity contribution in [2.75, 3.05) is 31.1 Å². The summed E-state index contributed by atoms with van der Waals surface area (Å²) in [6.07, 6.45) is 0. The number of nitrogens with zero attached hydrogens (tertiary/aromatic N) is 4. The third-order valence-corrected chi connectivity index (χ3v) is 5.70. The first-order valence-electron chi connectivity index (χ1n) is 8.95. The van der Waals surface area contributed by atoms with E-state index >= 15 is 0 Å². The van der Waals surface area contributed by atoms with E-state index in [4.69, 9.17) is 34.8 Å². The van der Waals surface area contributed by atoms with Gasteiger partial charge in [-0.1, -0.05) is 48.7 Å². The van der Waals surface area contributed by atoms with Crippen LogP contribution in [0.1, 0.15) is 41.6 Å². The summed E-state index contributed by atoms with van der Waals surface area (Å²) in [4.78, 5) is 25.8. The number of phenols is 1. The molecule has 0 aliphatic carbocycles. The topological polar surface area (TPSA) is 69.6 Å². The number of aromatic nitrogens is 2. The van der Waals surface area contributed by atoms with Gasteiger partial charge in [-0.15, -0.1) is 0 Å². The third kappa shape index (κ3) is 4.14. The molecule has 1 aromatic carbocycles. The Hall–Kier alpha value is -1.76. The van der Waals surface area contributed by atoms with E-state index in [-0.39, 0.29) is 32.3 Å². The molecule has 1 saturated heterocycles. The molecule has 1 N–H and O–H groups in total. The van der Waals surface area contributed by atoms with Crippen LogP contribution in [0.25, 0.3) is 0 Å². The number of carbonyl (C=O) groups excluding carboxylic acids is 1. The first kappa shape index (κ1) is 21.0. The summed E-state index contributed by atoms with van der Waals surface area (Å²) in [6, 6.07) is 3.27. The predicted octanol–water partition coefficient (Wildman–Crippen LogP) is 4.54. The summed E-state index contributed by atoms with van der Waals surface area (Å²) < 4.78 is 0. The molecule has 6 nitrogen and oxygen atoms in total. The number of hydrogen-bond acceptors (Lipinski definition) is 5. The molecule has 1 aliphatic heterocycles. The van der Waals surface area contributed by atoms with Gasteiger partial charge in [0.05, 0.1) is 15.1 Å². The molecule has 1 fully saturated rings. The van der Waals surface area contributed by atoms with Crippen LogP contribution in [-0.4, -0.2) is 52.1 Å². The predicted molar refractivity (Wildman–Crippen MR) is 112 cm³/mol. The Labute approximate surface area is 179 Å². The molecule has 2 aromatic rings. The van der Waals surface area contributed by atoms with Gasteiger partial charge in [0.1, 0.15) is 23.0 Å². The Morgan fingerprint density at radius 3 is 2.32 bits per heavy atom. The number of carbonyl (C=O) groups is 1. The monoisotopic (exact) mass is 442 g/mol. The summed E-state index contributed by atoms with van der Waals surface area (Å²) in [7, 11) is 0. The van der Waals surface area contributed by atoms with E-state index in [1.165, 1.54) is 6.07 Å². The summed E-state index contributed by atoms with van der Waals surface area (Å²) in [6.45, 7) is 8.18. The third-order valence-electron chi connectivity index (χ3n) is 4.62. The standard InChI is InChI=1S/C19H21Cl3N4O2/c1-10(2)18-23-11(3)8-14(24-18)25-4-6-26(7-5-25)19(28)15-16(22)12(20)9-13(21)17(15)27/h8-10,27H,4-7H2,1-3H3. The number of phenolic OH excluding ortho intramolecular Hbond substituents is 1. The highest BCUT2D eigenvalue weighted by Crippen LogP contribution is 2.39. The van der Waals surface area contributed by atoms with Gasteiger partial charge >= 0.3 is 0 Å². The first-order valence-corrected chi connectivity index (χ1v) is 10.1. The van der Waals surface area contributed by atoms with Gasteiger partial charge in [-0.2, -0.15) is 0 Å². The largest absolute Gasteiger partial charge is 0.505 e. The molecular formula is C19H21Cl3N4O2. The van der Waals surface area contributed by atoms with Crippen LogP contribution in [0.4, 0.5) is 5.82 Å². The summed E-state index contributed by atoms with van der Waals surface area (Å²) in [5.41, 5.74) is 0.852. The molecular weight excluding hydrogens is 423 g/mol. The van der Waals surface area contributed by atoms with Crippen LogP contribution < -0.4 is 4.90 Å². The quantitative estimate of drug-likeness (QED) is 0.705. The van der Waals surface area contributed by atoms with Crippen molar-refractivity contribution in [3.63, 3.8) is 0 Å². The lowest BCUT2D eigenvalue weighted by atomic mass is 10.1. The molecule has 2 heterocycles. The maximum atomic E-state index is 12.9. The number of hydrogen-bond donors (Lipinski definition) is 1. The van der Waals surface area contributed by atoms with Gasteiger partial charge < -0.3 is 14.9 Å². The van der Waals surface area contributed by atoms with E-state index < -0.39 is 5.91 Å². The Morgan fingerprint density at radius 2 is 1.71 bits per heavy atom. The van der Waals surface area contributed by atoms with Gasteiger partial charge in [-0.3, -0.25) is 4.79 Å². The van der Waals surface area contributed by atoms with Gasteiger partial charge in [-0.05, 0) is 13.0 Å².